The van der Waals surface area contributed by atoms with Gasteiger partial charge in [-0.15, -0.1) is 0 Å². The molecule has 0 aromatic heterocycles. The Morgan fingerprint density at radius 2 is 2.20 bits per heavy atom. The average Bonchev–Trinajstić information content (AvgIpc) is 2.43. The van der Waals surface area contributed by atoms with Crippen molar-refractivity contribution in [1.29, 1.82) is 0 Å². The van der Waals surface area contributed by atoms with Gasteiger partial charge in [0, 0.05) is 44.6 Å². The average molecular weight is 281 g/mol. The monoisotopic (exact) mass is 281 g/mol. The molecule has 112 valence electrons. The van der Waals surface area contributed by atoms with Gasteiger partial charge in [-0.2, -0.15) is 0 Å². The van der Waals surface area contributed by atoms with Gasteiger partial charge in [-0.1, -0.05) is 6.92 Å². The van der Waals surface area contributed by atoms with Crippen LogP contribution in [0.15, 0.2) is 18.2 Å². The fraction of sp³-hybridized carbons (Fsp3) is 0.571. The number of methoxy groups -OCH3 is 1. The van der Waals surface area contributed by atoms with Crippen molar-refractivity contribution in [3.8, 4) is 0 Å². The standard InChI is InChI=1S/C14H23N3O3/c1-4-7-15-14-6-5-13(17(18)19)10-12(14)11-16(2)8-9-20-3/h5-6,10,15H,4,7-9,11H2,1-3H3. The molecule has 0 amide bonds. The fourth-order valence-corrected chi connectivity index (χ4v) is 1.87. The largest absolute Gasteiger partial charge is 0.385 e. The Labute approximate surface area is 119 Å². The summed E-state index contributed by atoms with van der Waals surface area (Å²) in [7, 11) is 3.64. The molecule has 0 bridgehead atoms. The maximum atomic E-state index is 10.9. The van der Waals surface area contributed by atoms with Crippen LogP contribution in [0.4, 0.5) is 11.4 Å². The summed E-state index contributed by atoms with van der Waals surface area (Å²) in [6.45, 7) is 5.02. The zero-order chi connectivity index (χ0) is 15.0. The fourth-order valence-electron chi connectivity index (χ4n) is 1.87. The number of rotatable bonds is 9. The first kappa shape index (κ1) is 16.4. The summed E-state index contributed by atoms with van der Waals surface area (Å²) < 4.78 is 5.04. The van der Waals surface area contributed by atoms with Crippen LogP contribution in [0.25, 0.3) is 0 Å². The Morgan fingerprint density at radius 1 is 1.45 bits per heavy atom. The minimum absolute atomic E-state index is 0.127. The number of nitro groups is 1. The lowest BCUT2D eigenvalue weighted by Gasteiger charge is -2.19. The third kappa shape index (κ3) is 5.14. The molecule has 0 spiro atoms. The Hall–Kier alpha value is -1.66. The maximum Gasteiger partial charge on any atom is 0.269 e. The highest BCUT2D eigenvalue weighted by atomic mass is 16.6. The smallest absolute Gasteiger partial charge is 0.269 e. The number of ether oxygens (including phenoxy) is 1. The molecule has 1 aromatic carbocycles. The summed E-state index contributed by atoms with van der Waals surface area (Å²) in [5.74, 6) is 0. The topological polar surface area (TPSA) is 67.6 Å². The molecule has 20 heavy (non-hydrogen) atoms. The highest BCUT2D eigenvalue weighted by molar-refractivity contribution is 5.56. The lowest BCUT2D eigenvalue weighted by molar-refractivity contribution is -0.384. The van der Waals surface area contributed by atoms with E-state index < -0.39 is 0 Å². The number of nitrogens with one attached hydrogen (secondary N) is 1. The summed E-state index contributed by atoms with van der Waals surface area (Å²) in [6.07, 6.45) is 1.01. The van der Waals surface area contributed by atoms with Crippen molar-refractivity contribution in [3.63, 3.8) is 0 Å². The normalized spacial score (nSPS) is 10.8. The van der Waals surface area contributed by atoms with E-state index in [2.05, 4.69) is 17.1 Å². The zero-order valence-electron chi connectivity index (χ0n) is 12.4. The van der Waals surface area contributed by atoms with Gasteiger partial charge in [0.15, 0.2) is 0 Å². The van der Waals surface area contributed by atoms with Crippen molar-refractivity contribution in [2.45, 2.75) is 19.9 Å². The lowest BCUT2D eigenvalue weighted by Crippen LogP contribution is -2.23. The SMILES string of the molecule is CCCNc1ccc([N+](=O)[O-])cc1CN(C)CCOC. The molecule has 0 aliphatic heterocycles. The van der Waals surface area contributed by atoms with Gasteiger partial charge in [-0.25, -0.2) is 0 Å². The van der Waals surface area contributed by atoms with Gasteiger partial charge in [-0.05, 0) is 25.1 Å². The predicted molar refractivity (Wildman–Crippen MR) is 80.1 cm³/mol. The molecule has 6 nitrogen and oxygen atoms in total. The van der Waals surface area contributed by atoms with Crippen LogP contribution in [0.3, 0.4) is 0 Å². The number of non-ortho nitro benzene ring substituents is 1. The number of nitro benzene ring substituents is 1. The molecule has 1 N–H and O–H groups in total. The number of benzene rings is 1. The Morgan fingerprint density at radius 3 is 2.80 bits per heavy atom. The van der Waals surface area contributed by atoms with E-state index in [0.717, 1.165) is 30.8 Å². The van der Waals surface area contributed by atoms with E-state index >= 15 is 0 Å². The lowest BCUT2D eigenvalue weighted by atomic mass is 10.1. The van der Waals surface area contributed by atoms with Gasteiger partial charge in [0.05, 0.1) is 11.5 Å². The number of likely N-dealkylation sites (N-methyl/N-ethyl adjacent to an activating group) is 1. The zero-order valence-corrected chi connectivity index (χ0v) is 12.4. The quantitative estimate of drug-likeness (QED) is 0.556. The van der Waals surface area contributed by atoms with E-state index in [9.17, 15) is 10.1 Å². The number of hydrogen-bond acceptors (Lipinski definition) is 5. The molecule has 0 radical (unpaired) electrons. The predicted octanol–water partition coefficient (Wildman–Crippen LogP) is 2.49. The summed E-state index contributed by atoms with van der Waals surface area (Å²) >= 11 is 0. The molecule has 1 rings (SSSR count). The van der Waals surface area contributed by atoms with Crippen LogP contribution in [0.2, 0.25) is 0 Å². The van der Waals surface area contributed by atoms with Crippen molar-refractivity contribution in [3.05, 3.63) is 33.9 Å². The molecular formula is C14H23N3O3. The first-order valence-corrected chi connectivity index (χ1v) is 6.77. The van der Waals surface area contributed by atoms with E-state index in [4.69, 9.17) is 4.74 Å². The minimum atomic E-state index is -0.359. The second kappa shape index (κ2) is 8.50. The second-order valence-electron chi connectivity index (χ2n) is 4.76. The van der Waals surface area contributed by atoms with Crippen molar-refractivity contribution in [2.75, 3.05) is 39.2 Å². The molecule has 0 unspecified atom stereocenters. The number of anilines is 1. The highest BCUT2D eigenvalue weighted by Crippen LogP contribution is 2.23. The Kier molecular flexibility index (Phi) is 6.97. The van der Waals surface area contributed by atoms with Gasteiger partial charge in [0.25, 0.3) is 5.69 Å². The van der Waals surface area contributed by atoms with E-state index in [-0.39, 0.29) is 10.6 Å². The molecule has 0 fully saturated rings. The third-order valence-electron chi connectivity index (χ3n) is 2.98. The molecule has 0 saturated heterocycles. The number of hydrogen-bond donors (Lipinski definition) is 1. The van der Waals surface area contributed by atoms with Crippen LogP contribution in [0.1, 0.15) is 18.9 Å². The van der Waals surface area contributed by atoms with Crippen LogP contribution in [0.5, 0.6) is 0 Å². The molecule has 0 saturated carbocycles. The van der Waals surface area contributed by atoms with Gasteiger partial charge in [0.1, 0.15) is 0 Å². The molecular weight excluding hydrogens is 258 g/mol. The van der Waals surface area contributed by atoms with Gasteiger partial charge in [0.2, 0.25) is 0 Å². The van der Waals surface area contributed by atoms with Crippen molar-refractivity contribution < 1.29 is 9.66 Å². The van der Waals surface area contributed by atoms with Crippen LogP contribution in [-0.2, 0) is 11.3 Å². The first-order valence-electron chi connectivity index (χ1n) is 6.77. The van der Waals surface area contributed by atoms with Crippen LogP contribution in [-0.4, -0.2) is 43.7 Å². The first-order chi connectivity index (χ1) is 9.58. The summed E-state index contributed by atoms with van der Waals surface area (Å²) in [5.41, 5.74) is 2.02. The van der Waals surface area contributed by atoms with Crippen molar-refractivity contribution in [2.24, 2.45) is 0 Å². The highest BCUT2D eigenvalue weighted by Gasteiger charge is 2.12. The van der Waals surface area contributed by atoms with Gasteiger partial charge in [-0.3, -0.25) is 15.0 Å². The molecule has 0 aliphatic rings. The molecule has 0 atom stereocenters. The third-order valence-corrected chi connectivity index (χ3v) is 2.98. The Balaban J connectivity index is 2.86. The van der Waals surface area contributed by atoms with Crippen LogP contribution in [0, 0.1) is 10.1 Å². The maximum absolute atomic E-state index is 10.9. The van der Waals surface area contributed by atoms with Gasteiger partial charge < -0.3 is 10.1 Å². The molecule has 1 aromatic rings. The molecule has 0 heterocycles. The van der Waals surface area contributed by atoms with E-state index in [1.54, 1.807) is 19.2 Å². The van der Waals surface area contributed by atoms with Crippen LogP contribution >= 0.6 is 0 Å². The van der Waals surface area contributed by atoms with Crippen molar-refractivity contribution >= 4 is 11.4 Å². The van der Waals surface area contributed by atoms with E-state index in [1.165, 1.54) is 6.07 Å². The molecule has 0 aliphatic carbocycles. The number of nitrogens with zero attached hydrogens (tertiary/aromatic N) is 2. The second-order valence-corrected chi connectivity index (χ2v) is 4.76. The summed E-state index contributed by atoms with van der Waals surface area (Å²) in [5, 5.41) is 14.2. The summed E-state index contributed by atoms with van der Waals surface area (Å²) in [6, 6.07) is 4.96. The Bertz CT molecular complexity index is 438. The molecule has 6 heteroatoms. The minimum Gasteiger partial charge on any atom is -0.385 e. The van der Waals surface area contributed by atoms with Crippen LogP contribution < -0.4 is 5.32 Å². The van der Waals surface area contributed by atoms with E-state index in [1.807, 2.05) is 7.05 Å². The van der Waals surface area contributed by atoms with E-state index in [0.29, 0.717) is 13.2 Å². The van der Waals surface area contributed by atoms with Crippen molar-refractivity contribution in [1.82, 2.24) is 4.90 Å². The van der Waals surface area contributed by atoms with Gasteiger partial charge >= 0.3 is 0 Å². The summed E-state index contributed by atoms with van der Waals surface area (Å²) in [4.78, 5) is 12.6.